The van der Waals surface area contributed by atoms with E-state index < -0.39 is 5.97 Å². The van der Waals surface area contributed by atoms with Gasteiger partial charge in [-0.3, -0.25) is 4.79 Å². The highest BCUT2D eigenvalue weighted by Crippen LogP contribution is 2.14. The molecule has 1 fully saturated rings. The fourth-order valence-electron chi connectivity index (χ4n) is 2.25. The van der Waals surface area contributed by atoms with Crippen molar-refractivity contribution in [2.45, 2.75) is 32.6 Å². The van der Waals surface area contributed by atoms with E-state index in [1.165, 1.54) is 0 Å². The van der Waals surface area contributed by atoms with E-state index in [0.29, 0.717) is 0 Å². The van der Waals surface area contributed by atoms with Crippen LogP contribution in [0.1, 0.15) is 32.6 Å². The molecule has 124 valence electrons. The summed E-state index contributed by atoms with van der Waals surface area (Å²) < 4.78 is 0. The summed E-state index contributed by atoms with van der Waals surface area (Å²) in [4.78, 5) is 15.8. The number of halogens is 3. The molecule has 0 amide bonds. The van der Waals surface area contributed by atoms with Crippen molar-refractivity contribution in [3.8, 4) is 0 Å². The van der Waals surface area contributed by atoms with Crippen LogP contribution < -0.4 is 0 Å². The zero-order valence-electron chi connectivity index (χ0n) is 12.4. The molecule has 0 spiro atoms. The van der Waals surface area contributed by atoms with Crippen molar-refractivity contribution >= 4 is 43.2 Å². The lowest BCUT2D eigenvalue weighted by molar-refractivity contribution is -0.142. The van der Waals surface area contributed by atoms with Gasteiger partial charge in [0, 0.05) is 26.2 Å². The number of carboxylic acids is 1. The maximum Gasteiger partial charge on any atom is 0.306 e. The minimum Gasteiger partial charge on any atom is -0.481 e. The van der Waals surface area contributed by atoms with Gasteiger partial charge in [0.2, 0.25) is 0 Å². The number of nitrogens with zero attached hydrogens (tertiary/aromatic N) is 2. The van der Waals surface area contributed by atoms with Crippen LogP contribution in [0.2, 0.25) is 0 Å². The second-order valence-corrected chi connectivity index (χ2v) is 5.11. The molecule has 0 aromatic carbocycles. The van der Waals surface area contributed by atoms with Gasteiger partial charge in [-0.15, -0.1) is 37.2 Å². The quantitative estimate of drug-likeness (QED) is 0.766. The van der Waals surface area contributed by atoms with Crippen LogP contribution in [-0.4, -0.2) is 60.6 Å². The Morgan fingerprint density at radius 2 is 1.65 bits per heavy atom. The Balaban J connectivity index is -0.000000963. The zero-order chi connectivity index (χ0) is 12.7. The molecule has 1 saturated heterocycles. The Bertz CT molecular complexity index is 238. The van der Waals surface area contributed by atoms with Crippen LogP contribution >= 0.6 is 37.2 Å². The van der Waals surface area contributed by atoms with Gasteiger partial charge in [-0.25, -0.2) is 0 Å². The molecular weight excluding hydrogens is 323 g/mol. The van der Waals surface area contributed by atoms with Crippen LogP contribution in [0.25, 0.3) is 0 Å². The third kappa shape index (κ3) is 10.1. The van der Waals surface area contributed by atoms with Gasteiger partial charge in [0.25, 0.3) is 0 Å². The van der Waals surface area contributed by atoms with Gasteiger partial charge in [-0.2, -0.15) is 0 Å². The minimum absolute atomic E-state index is 0. The summed E-state index contributed by atoms with van der Waals surface area (Å²) in [5, 5.41) is 9.14. The summed E-state index contributed by atoms with van der Waals surface area (Å²) in [6, 6.07) is 0. The van der Waals surface area contributed by atoms with Crippen molar-refractivity contribution in [2.24, 2.45) is 5.92 Å². The first-order chi connectivity index (χ1) is 8.13. The number of likely N-dealkylation sites (N-methyl/N-ethyl adjacent to an activating group) is 1. The van der Waals surface area contributed by atoms with E-state index in [2.05, 4.69) is 23.8 Å². The van der Waals surface area contributed by atoms with Crippen molar-refractivity contribution in [3.05, 3.63) is 0 Å². The van der Waals surface area contributed by atoms with Crippen LogP contribution in [0.3, 0.4) is 0 Å². The number of hydrogen-bond acceptors (Lipinski definition) is 3. The summed E-state index contributed by atoms with van der Waals surface area (Å²) in [5.74, 6) is -0.762. The average molecular weight is 352 g/mol. The summed E-state index contributed by atoms with van der Waals surface area (Å²) >= 11 is 0. The first-order valence-electron chi connectivity index (χ1n) is 6.77. The SMILES string of the molecule is CCCCC(CCN1CCN(C)CC1)C(=O)O.Cl.Cl.Cl. The predicted octanol–water partition coefficient (Wildman–Crippen LogP) is 2.78. The molecule has 0 aliphatic carbocycles. The van der Waals surface area contributed by atoms with Crippen LogP contribution in [0, 0.1) is 5.92 Å². The minimum atomic E-state index is -0.618. The molecule has 1 heterocycles. The zero-order valence-corrected chi connectivity index (χ0v) is 14.9. The Labute approximate surface area is 141 Å². The summed E-state index contributed by atoms with van der Waals surface area (Å²) in [7, 11) is 2.14. The van der Waals surface area contributed by atoms with Gasteiger partial charge in [0.1, 0.15) is 0 Å². The molecule has 1 N–H and O–H groups in total. The number of carboxylic acid groups (broad SMARTS) is 1. The Hall–Kier alpha value is 0.260. The number of carbonyl (C=O) groups is 1. The third-order valence-corrected chi connectivity index (χ3v) is 3.65. The second kappa shape index (κ2) is 14.2. The normalized spacial score (nSPS) is 17.3. The molecule has 7 heteroatoms. The maximum atomic E-state index is 11.1. The number of rotatable bonds is 7. The largest absolute Gasteiger partial charge is 0.481 e. The Morgan fingerprint density at radius 1 is 1.10 bits per heavy atom. The first-order valence-corrected chi connectivity index (χ1v) is 6.77. The molecule has 0 bridgehead atoms. The molecule has 0 aromatic rings. The van der Waals surface area contributed by atoms with E-state index in [-0.39, 0.29) is 43.1 Å². The molecular formula is C13H29Cl3N2O2. The number of unbranched alkanes of at least 4 members (excludes halogenated alkanes) is 1. The summed E-state index contributed by atoms with van der Waals surface area (Å²) in [5.41, 5.74) is 0. The van der Waals surface area contributed by atoms with Crippen molar-refractivity contribution in [3.63, 3.8) is 0 Å². The Morgan fingerprint density at radius 3 is 2.10 bits per heavy atom. The molecule has 0 saturated carbocycles. The molecule has 0 radical (unpaired) electrons. The topological polar surface area (TPSA) is 43.8 Å². The molecule has 1 unspecified atom stereocenters. The lowest BCUT2D eigenvalue weighted by Crippen LogP contribution is -2.45. The lowest BCUT2D eigenvalue weighted by atomic mass is 9.98. The van der Waals surface area contributed by atoms with Crippen molar-refractivity contribution in [2.75, 3.05) is 39.8 Å². The van der Waals surface area contributed by atoms with Gasteiger partial charge in [-0.05, 0) is 26.4 Å². The molecule has 1 aliphatic heterocycles. The first kappa shape index (κ1) is 25.2. The molecule has 1 atom stereocenters. The third-order valence-electron chi connectivity index (χ3n) is 3.65. The standard InChI is InChI=1S/C13H26N2O2.3ClH/c1-3-4-5-12(13(16)17)6-7-15-10-8-14(2)9-11-15;;;/h12H,3-11H2,1-2H3,(H,16,17);3*1H. The van der Waals surface area contributed by atoms with Gasteiger partial charge in [-0.1, -0.05) is 19.8 Å². The predicted molar refractivity (Wildman–Crippen MR) is 90.9 cm³/mol. The van der Waals surface area contributed by atoms with Gasteiger partial charge in [0.05, 0.1) is 5.92 Å². The fraction of sp³-hybridized carbons (Fsp3) is 0.923. The fourth-order valence-corrected chi connectivity index (χ4v) is 2.25. The highest BCUT2D eigenvalue weighted by Gasteiger charge is 2.19. The van der Waals surface area contributed by atoms with E-state index in [1.807, 2.05) is 0 Å². The smallest absolute Gasteiger partial charge is 0.306 e. The highest BCUT2D eigenvalue weighted by molar-refractivity contribution is 5.86. The highest BCUT2D eigenvalue weighted by atomic mass is 35.5. The van der Waals surface area contributed by atoms with E-state index in [0.717, 1.165) is 58.4 Å². The Kier molecular flexibility index (Phi) is 17.9. The van der Waals surface area contributed by atoms with E-state index >= 15 is 0 Å². The molecule has 1 rings (SSSR count). The van der Waals surface area contributed by atoms with Crippen LogP contribution in [0.15, 0.2) is 0 Å². The van der Waals surface area contributed by atoms with E-state index in [1.54, 1.807) is 0 Å². The summed E-state index contributed by atoms with van der Waals surface area (Å²) in [6.07, 6.45) is 3.75. The van der Waals surface area contributed by atoms with Gasteiger partial charge >= 0.3 is 5.97 Å². The van der Waals surface area contributed by atoms with Crippen LogP contribution in [0.5, 0.6) is 0 Å². The molecule has 0 aromatic heterocycles. The molecule has 20 heavy (non-hydrogen) atoms. The van der Waals surface area contributed by atoms with E-state index in [9.17, 15) is 4.79 Å². The average Bonchev–Trinajstić information content (AvgIpc) is 2.31. The van der Waals surface area contributed by atoms with Crippen LogP contribution in [-0.2, 0) is 4.79 Å². The lowest BCUT2D eigenvalue weighted by Gasteiger charge is -2.32. The number of hydrogen-bond donors (Lipinski definition) is 1. The maximum absolute atomic E-state index is 11.1. The van der Waals surface area contributed by atoms with Crippen LogP contribution in [0.4, 0.5) is 0 Å². The second-order valence-electron chi connectivity index (χ2n) is 5.11. The number of piperazine rings is 1. The van der Waals surface area contributed by atoms with Crippen molar-refractivity contribution in [1.29, 1.82) is 0 Å². The molecule has 1 aliphatic rings. The monoisotopic (exact) mass is 350 g/mol. The van der Waals surface area contributed by atoms with Crippen molar-refractivity contribution in [1.82, 2.24) is 9.80 Å². The van der Waals surface area contributed by atoms with E-state index in [4.69, 9.17) is 5.11 Å². The van der Waals surface area contributed by atoms with Crippen molar-refractivity contribution < 1.29 is 9.90 Å². The van der Waals surface area contributed by atoms with Gasteiger partial charge in [0.15, 0.2) is 0 Å². The van der Waals surface area contributed by atoms with Gasteiger partial charge < -0.3 is 14.9 Å². The summed E-state index contributed by atoms with van der Waals surface area (Å²) in [6.45, 7) is 7.42. The molecule has 4 nitrogen and oxygen atoms in total. The number of aliphatic carboxylic acids is 1.